The van der Waals surface area contributed by atoms with Crippen molar-refractivity contribution in [3.05, 3.63) is 62.8 Å². The summed E-state index contributed by atoms with van der Waals surface area (Å²) in [6, 6.07) is 3.82. The Hall–Kier alpha value is -3.34. The third-order valence-electron chi connectivity index (χ3n) is 5.28. The Balaban J connectivity index is 1.68. The van der Waals surface area contributed by atoms with Crippen LogP contribution in [0.2, 0.25) is 0 Å². The standard InChI is InChI=1S/C21H26F2N6O3/c1-11-17(10-19(30)26-6-7-32-29-21(24)25)28-18(20(31)27-11)9-14(12-2-3-12)13-4-5-15(22)16(23)8-13/h4-5,8,12,14H,2-3,6-7,9-10H2,1H3,(H,26,30)(H,27,31)(H4,24,25,29). The summed E-state index contributed by atoms with van der Waals surface area (Å²) in [7, 11) is 0. The zero-order valence-corrected chi connectivity index (χ0v) is 17.6. The van der Waals surface area contributed by atoms with Crippen LogP contribution < -0.4 is 22.1 Å². The van der Waals surface area contributed by atoms with Crippen molar-refractivity contribution >= 4 is 11.9 Å². The van der Waals surface area contributed by atoms with Gasteiger partial charge in [-0.1, -0.05) is 6.07 Å². The number of amides is 1. The van der Waals surface area contributed by atoms with E-state index >= 15 is 0 Å². The fourth-order valence-electron chi connectivity index (χ4n) is 3.51. The maximum absolute atomic E-state index is 13.8. The van der Waals surface area contributed by atoms with Crippen LogP contribution in [0, 0.1) is 29.9 Å². The number of aromatic nitrogens is 2. The summed E-state index contributed by atoms with van der Waals surface area (Å²) in [6.45, 7) is 1.95. The van der Waals surface area contributed by atoms with Gasteiger partial charge in [-0.25, -0.2) is 19.2 Å². The van der Waals surface area contributed by atoms with Gasteiger partial charge in [0.05, 0.1) is 18.7 Å². The zero-order chi connectivity index (χ0) is 23.3. The molecule has 32 heavy (non-hydrogen) atoms. The average Bonchev–Trinajstić information content (AvgIpc) is 3.56. The molecule has 1 unspecified atom stereocenters. The lowest BCUT2D eigenvalue weighted by atomic mass is 9.89. The first-order chi connectivity index (χ1) is 15.2. The van der Waals surface area contributed by atoms with Gasteiger partial charge in [-0.2, -0.15) is 0 Å². The van der Waals surface area contributed by atoms with Gasteiger partial charge in [-0.3, -0.25) is 19.8 Å². The molecule has 0 aliphatic heterocycles. The van der Waals surface area contributed by atoms with Crippen LogP contribution in [0.15, 0.2) is 23.0 Å². The molecule has 1 aromatic carbocycles. The van der Waals surface area contributed by atoms with Crippen LogP contribution in [-0.4, -0.2) is 35.0 Å². The largest absolute Gasteiger partial charge is 0.368 e. The second-order valence-electron chi connectivity index (χ2n) is 7.80. The first kappa shape index (κ1) is 23.3. The highest BCUT2D eigenvalue weighted by Gasteiger charge is 2.33. The molecule has 1 aliphatic carbocycles. The Labute approximate surface area is 183 Å². The number of carbonyl (C=O) groups excluding carboxylic acids is 1. The molecule has 0 bridgehead atoms. The summed E-state index contributed by atoms with van der Waals surface area (Å²) in [5, 5.41) is 9.61. The van der Waals surface area contributed by atoms with E-state index < -0.39 is 11.6 Å². The van der Waals surface area contributed by atoms with E-state index in [2.05, 4.69) is 20.8 Å². The van der Waals surface area contributed by atoms with Gasteiger partial charge in [0.1, 0.15) is 5.69 Å². The van der Waals surface area contributed by atoms with Crippen LogP contribution >= 0.6 is 0 Å². The first-order valence-corrected chi connectivity index (χ1v) is 10.3. The van der Waals surface area contributed by atoms with Gasteiger partial charge in [0.15, 0.2) is 11.6 Å². The van der Waals surface area contributed by atoms with Gasteiger partial charge < -0.3 is 16.0 Å². The molecule has 1 aromatic heterocycles. The van der Waals surface area contributed by atoms with E-state index in [1.54, 1.807) is 13.0 Å². The van der Waals surface area contributed by atoms with Crippen LogP contribution in [0.25, 0.3) is 0 Å². The lowest BCUT2D eigenvalue weighted by Crippen LogP contribution is -2.35. The van der Waals surface area contributed by atoms with Gasteiger partial charge >= 0.3 is 0 Å². The summed E-state index contributed by atoms with van der Waals surface area (Å²) in [5.41, 5.74) is 8.68. The molecule has 1 aliphatic rings. The number of nitrogens with two attached hydrogens (primary N) is 1. The summed E-state index contributed by atoms with van der Waals surface area (Å²) < 4.78 is 27.1. The van der Waals surface area contributed by atoms with Gasteiger partial charge in [0.2, 0.25) is 11.9 Å². The van der Waals surface area contributed by atoms with Crippen LogP contribution in [0.4, 0.5) is 8.78 Å². The van der Waals surface area contributed by atoms with Crippen LogP contribution in [0.5, 0.6) is 0 Å². The number of hydroxylamine groups is 1. The molecule has 3 rings (SSSR count). The molecule has 1 fully saturated rings. The number of hydrogen-bond acceptors (Lipinski definition) is 5. The number of benzene rings is 1. The SMILES string of the molecule is Cc1[nH]c(=O)c(CC(c2ccc(F)c(F)c2)C2CC2)nc1CC(=O)NCCONC(=N)N. The normalized spacial score (nSPS) is 14.1. The van der Waals surface area contributed by atoms with E-state index in [0.29, 0.717) is 17.0 Å². The predicted molar refractivity (Wildman–Crippen MR) is 113 cm³/mol. The molecule has 1 saturated carbocycles. The fourth-order valence-corrected chi connectivity index (χ4v) is 3.51. The number of nitrogens with zero attached hydrogens (tertiary/aromatic N) is 1. The summed E-state index contributed by atoms with van der Waals surface area (Å²) >= 11 is 0. The van der Waals surface area contributed by atoms with Crippen molar-refractivity contribution < 1.29 is 18.4 Å². The third kappa shape index (κ3) is 6.33. The first-order valence-electron chi connectivity index (χ1n) is 10.3. The lowest BCUT2D eigenvalue weighted by molar-refractivity contribution is -0.120. The van der Waals surface area contributed by atoms with Crippen LogP contribution in [0.1, 0.15) is 41.4 Å². The molecular formula is C21H26F2N6O3. The van der Waals surface area contributed by atoms with Crippen LogP contribution in [0.3, 0.4) is 0 Å². The molecule has 9 nitrogen and oxygen atoms in total. The minimum atomic E-state index is -0.918. The maximum atomic E-state index is 13.8. The molecule has 172 valence electrons. The Morgan fingerprint density at radius 2 is 2.09 bits per heavy atom. The Bertz CT molecular complexity index is 1050. The van der Waals surface area contributed by atoms with E-state index in [1.807, 2.05) is 0 Å². The van der Waals surface area contributed by atoms with Crippen molar-refractivity contribution in [1.29, 1.82) is 5.41 Å². The number of aromatic amines is 1. The summed E-state index contributed by atoms with van der Waals surface area (Å²) in [4.78, 5) is 36.8. The van der Waals surface area contributed by atoms with Gasteiger partial charge in [0, 0.05) is 18.7 Å². The second kappa shape index (κ2) is 10.3. The topological polar surface area (TPSA) is 146 Å². The van der Waals surface area contributed by atoms with Crippen LogP contribution in [-0.2, 0) is 22.5 Å². The van der Waals surface area contributed by atoms with Crippen molar-refractivity contribution in [2.45, 2.75) is 38.5 Å². The Morgan fingerprint density at radius 1 is 1.34 bits per heavy atom. The molecule has 1 amide bonds. The number of halogens is 2. The maximum Gasteiger partial charge on any atom is 0.269 e. The Kier molecular flexibility index (Phi) is 7.52. The number of H-pyrrole nitrogens is 1. The van der Waals surface area contributed by atoms with Crippen molar-refractivity contribution in [2.75, 3.05) is 13.2 Å². The average molecular weight is 448 g/mol. The molecule has 2 aromatic rings. The zero-order valence-electron chi connectivity index (χ0n) is 17.6. The number of aryl methyl sites for hydroxylation is 1. The van der Waals surface area contributed by atoms with E-state index in [4.69, 9.17) is 16.0 Å². The van der Waals surface area contributed by atoms with E-state index in [0.717, 1.165) is 18.9 Å². The molecule has 6 N–H and O–H groups in total. The highest BCUT2D eigenvalue weighted by Crippen LogP contribution is 2.44. The molecule has 11 heteroatoms. The number of hydrogen-bond donors (Lipinski definition) is 5. The Morgan fingerprint density at radius 3 is 2.75 bits per heavy atom. The molecule has 1 heterocycles. The second-order valence-corrected chi connectivity index (χ2v) is 7.80. The minimum absolute atomic E-state index is 0.0466. The highest BCUT2D eigenvalue weighted by atomic mass is 19.2. The molecular weight excluding hydrogens is 422 g/mol. The number of nitrogens with one attached hydrogen (secondary N) is 4. The highest BCUT2D eigenvalue weighted by molar-refractivity contribution is 5.78. The van der Waals surface area contributed by atoms with E-state index in [9.17, 15) is 18.4 Å². The van der Waals surface area contributed by atoms with Gasteiger partial charge in [-0.15, -0.1) is 0 Å². The van der Waals surface area contributed by atoms with Gasteiger partial charge in [0.25, 0.3) is 5.56 Å². The number of rotatable bonds is 10. The molecule has 0 saturated heterocycles. The molecule has 1 atom stereocenters. The minimum Gasteiger partial charge on any atom is -0.368 e. The fraction of sp³-hybridized carbons (Fsp3) is 0.429. The third-order valence-corrected chi connectivity index (χ3v) is 5.28. The molecule has 0 spiro atoms. The number of guanidine groups is 1. The summed E-state index contributed by atoms with van der Waals surface area (Å²) in [6.07, 6.45) is 2.12. The van der Waals surface area contributed by atoms with Crippen molar-refractivity contribution in [3.63, 3.8) is 0 Å². The number of carbonyl (C=O) groups is 1. The summed E-state index contributed by atoms with van der Waals surface area (Å²) in [5.74, 6) is -2.37. The van der Waals surface area contributed by atoms with Crippen molar-refractivity contribution in [1.82, 2.24) is 20.8 Å². The van der Waals surface area contributed by atoms with Gasteiger partial charge in [-0.05, 0) is 49.3 Å². The van der Waals surface area contributed by atoms with E-state index in [-0.39, 0.29) is 60.9 Å². The monoisotopic (exact) mass is 448 g/mol. The molecule has 0 radical (unpaired) electrons. The smallest absolute Gasteiger partial charge is 0.269 e. The van der Waals surface area contributed by atoms with Crippen molar-refractivity contribution in [2.24, 2.45) is 11.7 Å². The lowest BCUT2D eigenvalue weighted by Gasteiger charge is -2.17. The predicted octanol–water partition coefficient (Wildman–Crippen LogP) is 1.17. The van der Waals surface area contributed by atoms with Crippen molar-refractivity contribution in [3.8, 4) is 0 Å². The van der Waals surface area contributed by atoms with E-state index in [1.165, 1.54) is 6.07 Å². The quantitative estimate of drug-likeness (QED) is 0.160.